The number of carbonyl (C=O) groups excluding carboxylic acids is 2. The Morgan fingerprint density at radius 1 is 1.00 bits per heavy atom. The maximum absolute atomic E-state index is 12.1. The number of Topliss-reactive ketones (excluding diaryl/α,β-unsaturated/α-hetero) is 1. The number of amides is 1. The van der Waals surface area contributed by atoms with Crippen molar-refractivity contribution in [1.82, 2.24) is 0 Å². The van der Waals surface area contributed by atoms with E-state index >= 15 is 0 Å². The highest BCUT2D eigenvalue weighted by atomic mass is 16.5. The highest BCUT2D eigenvalue weighted by Gasteiger charge is 2.21. The van der Waals surface area contributed by atoms with Crippen LogP contribution in [0.2, 0.25) is 0 Å². The summed E-state index contributed by atoms with van der Waals surface area (Å²) in [7, 11) is 0. The van der Waals surface area contributed by atoms with Crippen LogP contribution in [0.25, 0.3) is 0 Å². The van der Waals surface area contributed by atoms with E-state index < -0.39 is 5.41 Å². The Bertz CT molecular complexity index is 687. The summed E-state index contributed by atoms with van der Waals surface area (Å²) in [5.41, 5.74) is 0.778. The number of hydrogen-bond donors (Lipinski definition) is 1. The summed E-state index contributed by atoms with van der Waals surface area (Å²) >= 11 is 0. The third-order valence-electron chi connectivity index (χ3n) is 3.33. The van der Waals surface area contributed by atoms with Gasteiger partial charge in [-0.1, -0.05) is 45.0 Å². The van der Waals surface area contributed by atoms with Crippen LogP contribution in [0.4, 0.5) is 5.69 Å². The first-order valence-electron chi connectivity index (χ1n) is 7.49. The number of anilines is 1. The zero-order valence-corrected chi connectivity index (χ0v) is 13.6. The number of carbonyl (C=O) groups is 2. The molecule has 0 bridgehead atoms. The molecular weight excluding hydrogens is 290 g/mol. The van der Waals surface area contributed by atoms with Crippen molar-refractivity contribution in [1.29, 1.82) is 0 Å². The van der Waals surface area contributed by atoms with Crippen LogP contribution in [0.15, 0.2) is 54.6 Å². The van der Waals surface area contributed by atoms with Gasteiger partial charge in [0.25, 0.3) is 5.91 Å². The summed E-state index contributed by atoms with van der Waals surface area (Å²) in [5.74, 6) is 0.387. The summed E-state index contributed by atoms with van der Waals surface area (Å²) in [4.78, 5) is 24.0. The number of hydrogen-bond acceptors (Lipinski definition) is 3. The fourth-order valence-corrected chi connectivity index (χ4v) is 1.82. The SMILES string of the molecule is CC(C)(C)C(=O)COc1cccc(NC(=O)c2ccccc2)c1. The molecule has 1 N–H and O–H groups in total. The molecule has 0 unspecified atom stereocenters. The number of benzene rings is 2. The molecule has 0 aliphatic rings. The van der Waals surface area contributed by atoms with Crippen molar-refractivity contribution in [2.75, 3.05) is 11.9 Å². The maximum atomic E-state index is 12.1. The second kappa shape index (κ2) is 7.09. The number of ketones is 1. The van der Waals surface area contributed by atoms with Gasteiger partial charge in [-0.15, -0.1) is 0 Å². The van der Waals surface area contributed by atoms with Crippen molar-refractivity contribution >= 4 is 17.4 Å². The number of rotatable bonds is 5. The van der Waals surface area contributed by atoms with Crippen molar-refractivity contribution in [2.24, 2.45) is 5.41 Å². The first-order valence-corrected chi connectivity index (χ1v) is 7.49. The lowest BCUT2D eigenvalue weighted by Gasteiger charge is -2.17. The first kappa shape index (κ1) is 16.7. The Labute approximate surface area is 136 Å². The van der Waals surface area contributed by atoms with Gasteiger partial charge in [-0.05, 0) is 24.3 Å². The van der Waals surface area contributed by atoms with Crippen LogP contribution in [0, 0.1) is 5.41 Å². The van der Waals surface area contributed by atoms with Crippen molar-refractivity contribution in [3.63, 3.8) is 0 Å². The largest absolute Gasteiger partial charge is 0.486 e. The third kappa shape index (κ3) is 4.95. The van der Waals surface area contributed by atoms with Gasteiger partial charge in [0.15, 0.2) is 5.78 Å². The van der Waals surface area contributed by atoms with E-state index in [1.807, 2.05) is 39.0 Å². The molecule has 0 saturated carbocycles. The summed E-state index contributed by atoms with van der Waals surface area (Å²) in [6.07, 6.45) is 0. The van der Waals surface area contributed by atoms with Crippen LogP contribution < -0.4 is 10.1 Å². The van der Waals surface area contributed by atoms with Crippen molar-refractivity contribution in [3.8, 4) is 5.75 Å². The van der Waals surface area contributed by atoms with Crippen LogP contribution in [0.1, 0.15) is 31.1 Å². The van der Waals surface area contributed by atoms with E-state index in [4.69, 9.17) is 4.74 Å². The maximum Gasteiger partial charge on any atom is 0.255 e. The number of nitrogens with one attached hydrogen (secondary N) is 1. The van der Waals surface area contributed by atoms with Gasteiger partial charge in [-0.3, -0.25) is 9.59 Å². The monoisotopic (exact) mass is 311 g/mol. The summed E-state index contributed by atoms with van der Waals surface area (Å²) in [6.45, 7) is 5.58. The molecule has 0 heterocycles. The molecule has 0 aliphatic carbocycles. The lowest BCUT2D eigenvalue weighted by atomic mass is 9.91. The second-order valence-electron chi connectivity index (χ2n) is 6.31. The van der Waals surface area contributed by atoms with Crippen LogP contribution in [0.5, 0.6) is 5.75 Å². The molecular formula is C19H21NO3. The molecule has 0 aromatic heterocycles. The Morgan fingerprint density at radius 2 is 1.70 bits per heavy atom. The van der Waals surface area contributed by atoms with Crippen LogP contribution in [0.3, 0.4) is 0 Å². The molecule has 0 atom stereocenters. The van der Waals surface area contributed by atoms with Crippen molar-refractivity contribution in [2.45, 2.75) is 20.8 Å². The van der Waals surface area contributed by atoms with Crippen LogP contribution >= 0.6 is 0 Å². The van der Waals surface area contributed by atoms with Gasteiger partial charge in [-0.25, -0.2) is 0 Å². The van der Waals surface area contributed by atoms with Gasteiger partial charge in [0.1, 0.15) is 12.4 Å². The summed E-state index contributed by atoms with van der Waals surface area (Å²) < 4.78 is 5.52. The fraction of sp³-hybridized carbons (Fsp3) is 0.263. The van der Waals surface area contributed by atoms with E-state index in [9.17, 15) is 9.59 Å². The lowest BCUT2D eigenvalue weighted by molar-refractivity contribution is -0.128. The van der Waals surface area contributed by atoms with Crippen molar-refractivity contribution in [3.05, 3.63) is 60.2 Å². The minimum atomic E-state index is -0.431. The highest BCUT2D eigenvalue weighted by molar-refractivity contribution is 6.04. The molecule has 4 nitrogen and oxygen atoms in total. The molecule has 0 spiro atoms. The quantitative estimate of drug-likeness (QED) is 0.910. The molecule has 2 rings (SSSR count). The van der Waals surface area contributed by atoms with E-state index in [2.05, 4.69) is 5.32 Å². The molecule has 1 amide bonds. The van der Waals surface area contributed by atoms with E-state index in [1.54, 1.807) is 36.4 Å². The van der Waals surface area contributed by atoms with Gasteiger partial charge in [0.2, 0.25) is 0 Å². The van der Waals surface area contributed by atoms with Crippen LogP contribution in [-0.2, 0) is 4.79 Å². The topological polar surface area (TPSA) is 55.4 Å². The Kier molecular flexibility index (Phi) is 5.16. The van der Waals surface area contributed by atoms with E-state index in [1.165, 1.54) is 0 Å². The average molecular weight is 311 g/mol. The van der Waals surface area contributed by atoms with Crippen LogP contribution in [-0.4, -0.2) is 18.3 Å². The third-order valence-corrected chi connectivity index (χ3v) is 3.33. The minimum Gasteiger partial charge on any atom is -0.486 e. The Morgan fingerprint density at radius 3 is 2.35 bits per heavy atom. The van der Waals surface area contributed by atoms with Gasteiger partial charge in [0.05, 0.1) is 0 Å². The smallest absolute Gasteiger partial charge is 0.255 e. The molecule has 120 valence electrons. The van der Waals surface area contributed by atoms with E-state index in [0.717, 1.165) is 0 Å². The molecule has 2 aromatic rings. The Hall–Kier alpha value is -2.62. The van der Waals surface area contributed by atoms with Crippen molar-refractivity contribution < 1.29 is 14.3 Å². The second-order valence-corrected chi connectivity index (χ2v) is 6.31. The molecule has 0 aliphatic heterocycles. The van der Waals surface area contributed by atoms with Gasteiger partial charge >= 0.3 is 0 Å². The predicted molar refractivity (Wildman–Crippen MR) is 90.8 cm³/mol. The number of ether oxygens (including phenoxy) is 1. The molecule has 0 saturated heterocycles. The molecule has 23 heavy (non-hydrogen) atoms. The average Bonchev–Trinajstić information content (AvgIpc) is 2.53. The summed E-state index contributed by atoms with van der Waals surface area (Å²) in [6, 6.07) is 16.0. The van der Waals surface area contributed by atoms with Gasteiger partial charge in [0, 0.05) is 22.7 Å². The molecule has 4 heteroatoms. The minimum absolute atomic E-state index is 0.0135. The highest BCUT2D eigenvalue weighted by Crippen LogP contribution is 2.20. The predicted octanol–water partition coefficient (Wildman–Crippen LogP) is 3.93. The zero-order valence-electron chi connectivity index (χ0n) is 13.6. The summed E-state index contributed by atoms with van der Waals surface area (Å²) in [5, 5.41) is 2.81. The zero-order chi connectivity index (χ0) is 16.9. The fourth-order valence-electron chi connectivity index (χ4n) is 1.82. The van der Waals surface area contributed by atoms with Gasteiger partial charge in [-0.2, -0.15) is 0 Å². The molecule has 0 fully saturated rings. The lowest BCUT2D eigenvalue weighted by Crippen LogP contribution is -2.26. The normalized spacial score (nSPS) is 10.9. The van der Waals surface area contributed by atoms with Gasteiger partial charge < -0.3 is 10.1 Å². The molecule has 2 aromatic carbocycles. The first-order chi connectivity index (χ1) is 10.9. The van der Waals surface area contributed by atoms with E-state index in [-0.39, 0.29) is 18.3 Å². The Balaban J connectivity index is 2.00. The van der Waals surface area contributed by atoms with E-state index in [0.29, 0.717) is 17.0 Å². The molecule has 0 radical (unpaired) electrons. The standard InChI is InChI=1S/C19H21NO3/c1-19(2,3)17(21)13-23-16-11-7-10-15(12-16)20-18(22)14-8-5-4-6-9-14/h4-12H,13H2,1-3H3,(H,20,22).